The molecule has 2 aromatic heterocycles. The van der Waals surface area contributed by atoms with E-state index >= 15 is 0 Å². The smallest absolute Gasteiger partial charge is 0.332 e. The minimum absolute atomic E-state index is 0.0447. The van der Waals surface area contributed by atoms with Crippen molar-refractivity contribution in [2.24, 2.45) is 0 Å². The van der Waals surface area contributed by atoms with Crippen molar-refractivity contribution in [2.45, 2.75) is 59.3 Å². The van der Waals surface area contributed by atoms with E-state index in [1.807, 2.05) is 44.2 Å². The number of nitrogens with zero attached hydrogens (tertiary/aromatic N) is 4. The number of nitrogens with one attached hydrogen (secondary N) is 1. The van der Waals surface area contributed by atoms with Gasteiger partial charge in [-0.2, -0.15) is 5.10 Å². The van der Waals surface area contributed by atoms with Crippen molar-refractivity contribution in [3.05, 3.63) is 98.1 Å². The number of carbonyl (C=O) groups excluding carboxylic acids is 1. The second kappa shape index (κ2) is 10.7. The topological polar surface area (TPSA) is 90.9 Å². The van der Waals surface area contributed by atoms with Crippen LogP contribution in [0.5, 0.6) is 0 Å². The Hall–Kier alpha value is -4.01. The highest BCUT2D eigenvalue weighted by molar-refractivity contribution is 5.81. The fraction of sp³-hybridized carbons (Fsp3) is 0.333. The van der Waals surface area contributed by atoms with Gasteiger partial charge in [0.25, 0.3) is 5.56 Å². The lowest BCUT2D eigenvalue weighted by atomic mass is 10.1. The van der Waals surface area contributed by atoms with Crippen molar-refractivity contribution < 1.29 is 9.18 Å². The molecule has 2 heterocycles. The Morgan fingerprint density at radius 3 is 2.36 bits per heavy atom. The average molecular weight is 492 g/mol. The Labute approximate surface area is 208 Å². The molecule has 188 valence electrons. The van der Waals surface area contributed by atoms with Crippen molar-refractivity contribution in [1.29, 1.82) is 0 Å². The number of hydrogen-bond acceptors (Lipinski definition) is 4. The predicted molar refractivity (Wildman–Crippen MR) is 137 cm³/mol. The van der Waals surface area contributed by atoms with Crippen molar-refractivity contribution in [3.63, 3.8) is 0 Å². The molecule has 0 aliphatic heterocycles. The van der Waals surface area contributed by atoms with Crippen molar-refractivity contribution in [3.8, 4) is 0 Å². The summed E-state index contributed by atoms with van der Waals surface area (Å²) >= 11 is 0. The highest BCUT2D eigenvalue weighted by Crippen LogP contribution is 2.14. The number of aromatic nitrogens is 4. The van der Waals surface area contributed by atoms with Crippen molar-refractivity contribution in [1.82, 2.24) is 24.2 Å². The molecule has 2 aromatic carbocycles. The molecule has 4 rings (SSSR count). The number of amides is 1. The first-order valence-electron chi connectivity index (χ1n) is 12.1. The maximum absolute atomic E-state index is 13.5. The quantitative estimate of drug-likeness (QED) is 0.390. The predicted octanol–water partition coefficient (Wildman–Crippen LogP) is 3.01. The third-order valence-electron chi connectivity index (χ3n) is 6.25. The Kier molecular flexibility index (Phi) is 7.47. The molecule has 9 heteroatoms. The van der Waals surface area contributed by atoms with E-state index in [2.05, 4.69) is 10.4 Å². The highest BCUT2D eigenvalue weighted by atomic mass is 19.1. The number of hydrogen-bond donors (Lipinski definition) is 1. The zero-order chi connectivity index (χ0) is 25.8. The van der Waals surface area contributed by atoms with Crippen LogP contribution in [0.2, 0.25) is 0 Å². The molecule has 1 atom stereocenters. The fourth-order valence-electron chi connectivity index (χ4n) is 4.41. The van der Waals surface area contributed by atoms with E-state index in [4.69, 9.17) is 0 Å². The minimum atomic E-state index is -0.609. The van der Waals surface area contributed by atoms with E-state index in [0.717, 1.165) is 17.4 Å². The van der Waals surface area contributed by atoms with Crippen LogP contribution in [-0.2, 0) is 30.8 Å². The van der Waals surface area contributed by atoms with Gasteiger partial charge in [-0.3, -0.25) is 23.4 Å². The van der Waals surface area contributed by atoms with E-state index in [1.54, 1.807) is 11.6 Å². The first kappa shape index (κ1) is 25.1. The maximum atomic E-state index is 13.5. The highest BCUT2D eigenvalue weighted by Gasteiger charge is 2.22. The number of carbonyl (C=O) groups is 1. The molecule has 1 amide bonds. The summed E-state index contributed by atoms with van der Waals surface area (Å²) in [6, 6.07) is 15.5. The van der Waals surface area contributed by atoms with Gasteiger partial charge in [0.15, 0.2) is 5.52 Å². The van der Waals surface area contributed by atoms with Gasteiger partial charge in [-0.1, -0.05) is 42.5 Å². The summed E-state index contributed by atoms with van der Waals surface area (Å²) in [5.41, 5.74) is 1.81. The monoisotopic (exact) mass is 491 g/mol. The first-order valence-corrected chi connectivity index (χ1v) is 12.1. The summed E-state index contributed by atoms with van der Waals surface area (Å²) in [4.78, 5) is 39.8. The zero-order valence-electron chi connectivity index (χ0n) is 20.7. The van der Waals surface area contributed by atoms with E-state index in [1.165, 1.54) is 34.4 Å². The standard InChI is InChI=1S/C27H30FN5O3/c1-4-33-25-24(19(3)30-33)31(17-23(34)29-18(2)10-11-20-8-6-5-7-9-20)27(36)32(26(25)35)16-21-12-14-22(28)15-13-21/h5-9,12-15,18H,4,10-11,16-17H2,1-3H3,(H,29,34)/t18-/m1/s1. The zero-order valence-corrected chi connectivity index (χ0v) is 20.7. The second-order valence-electron chi connectivity index (χ2n) is 8.98. The summed E-state index contributed by atoms with van der Waals surface area (Å²) in [7, 11) is 0. The van der Waals surface area contributed by atoms with Gasteiger partial charge in [0.2, 0.25) is 5.91 Å². The fourth-order valence-corrected chi connectivity index (χ4v) is 4.41. The molecule has 0 radical (unpaired) electrons. The SMILES string of the molecule is CCn1nc(C)c2c1c(=O)n(Cc1ccc(F)cc1)c(=O)n2CC(=O)N[C@H](C)CCc1ccccc1. The van der Waals surface area contributed by atoms with Crippen molar-refractivity contribution in [2.75, 3.05) is 0 Å². The number of benzene rings is 2. The van der Waals surface area contributed by atoms with Crippen LogP contribution in [0.4, 0.5) is 4.39 Å². The average Bonchev–Trinajstić information content (AvgIpc) is 3.21. The van der Waals surface area contributed by atoms with Gasteiger partial charge in [-0.05, 0) is 56.9 Å². The molecule has 0 aliphatic rings. The molecule has 0 unspecified atom stereocenters. The molecule has 0 bridgehead atoms. The number of aryl methyl sites for hydroxylation is 3. The van der Waals surface area contributed by atoms with Gasteiger partial charge in [-0.15, -0.1) is 0 Å². The third kappa shape index (κ3) is 5.30. The lowest BCUT2D eigenvalue weighted by molar-refractivity contribution is -0.122. The second-order valence-corrected chi connectivity index (χ2v) is 8.98. The lowest BCUT2D eigenvalue weighted by Crippen LogP contribution is -2.44. The molecule has 0 spiro atoms. The van der Waals surface area contributed by atoms with Gasteiger partial charge in [0.05, 0.1) is 12.2 Å². The summed E-state index contributed by atoms with van der Waals surface area (Å²) in [6.45, 7) is 5.63. The van der Waals surface area contributed by atoms with Gasteiger partial charge >= 0.3 is 5.69 Å². The Morgan fingerprint density at radius 1 is 1.00 bits per heavy atom. The Balaban J connectivity index is 1.64. The maximum Gasteiger partial charge on any atom is 0.332 e. The summed E-state index contributed by atoms with van der Waals surface area (Å²) < 4.78 is 17.3. The van der Waals surface area contributed by atoms with Gasteiger partial charge in [-0.25, -0.2) is 9.18 Å². The summed E-state index contributed by atoms with van der Waals surface area (Å²) in [6.07, 6.45) is 1.56. The van der Waals surface area contributed by atoms with Crippen LogP contribution in [0.3, 0.4) is 0 Å². The number of halogens is 1. The normalized spacial score (nSPS) is 12.1. The molecule has 0 saturated carbocycles. The minimum Gasteiger partial charge on any atom is -0.352 e. The van der Waals surface area contributed by atoms with Gasteiger partial charge in [0.1, 0.15) is 17.9 Å². The van der Waals surface area contributed by atoms with E-state index in [-0.39, 0.29) is 30.6 Å². The molecular weight excluding hydrogens is 461 g/mol. The lowest BCUT2D eigenvalue weighted by Gasteiger charge is -2.16. The summed E-state index contributed by atoms with van der Waals surface area (Å²) in [5, 5.41) is 7.39. The molecule has 0 fully saturated rings. The molecule has 36 heavy (non-hydrogen) atoms. The molecule has 1 N–H and O–H groups in total. The van der Waals surface area contributed by atoms with Crippen LogP contribution in [0, 0.1) is 12.7 Å². The molecule has 4 aromatic rings. The third-order valence-corrected chi connectivity index (χ3v) is 6.25. The Bertz CT molecular complexity index is 1490. The van der Waals surface area contributed by atoms with Crippen LogP contribution >= 0.6 is 0 Å². The van der Waals surface area contributed by atoms with Gasteiger partial charge in [0, 0.05) is 12.6 Å². The van der Waals surface area contributed by atoms with Crippen LogP contribution in [-0.4, -0.2) is 30.9 Å². The largest absolute Gasteiger partial charge is 0.352 e. The number of rotatable bonds is 9. The van der Waals surface area contributed by atoms with Crippen LogP contribution in [0.25, 0.3) is 11.0 Å². The van der Waals surface area contributed by atoms with Crippen molar-refractivity contribution >= 4 is 16.9 Å². The number of fused-ring (bicyclic) bond motifs is 1. The van der Waals surface area contributed by atoms with Crippen LogP contribution in [0.15, 0.2) is 64.2 Å². The van der Waals surface area contributed by atoms with E-state index in [9.17, 15) is 18.8 Å². The molecule has 8 nitrogen and oxygen atoms in total. The van der Waals surface area contributed by atoms with Crippen LogP contribution in [0.1, 0.15) is 37.1 Å². The van der Waals surface area contributed by atoms with Crippen LogP contribution < -0.4 is 16.6 Å². The molecule has 0 saturated heterocycles. The van der Waals surface area contributed by atoms with E-state index in [0.29, 0.717) is 23.3 Å². The molecular formula is C27H30FN5O3. The summed E-state index contributed by atoms with van der Waals surface area (Å²) in [5.74, 6) is -0.730. The first-order chi connectivity index (χ1) is 17.3. The van der Waals surface area contributed by atoms with Gasteiger partial charge < -0.3 is 5.32 Å². The van der Waals surface area contributed by atoms with E-state index < -0.39 is 17.1 Å². The molecule has 0 aliphatic carbocycles. The Morgan fingerprint density at radius 2 is 1.69 bits per heavy atom.